The van der Waals surface area contributed by atoms with E-state index in [0.717, 1.165) is 5.56 Å². The van der Waals surface area contributed by atoms with Crippen molar-refractivity contribution < 1.29 is 28.5 Å². The Kier molecular flexibility index (Phi) is 6.03. The molecule has 0 atom stereocenters. The van der Waals surface area contributed by atoms with Gasteiger partial charge in [-0.3, -0.25) is 4.79 Å². The molecule has 0 radical (unpaired) electrons. The first-order chi connectivity index (χ1) is 15.6. The molecule has 0 bridgehead atoms. The third-order valence-corrected chi connectivity index (χ3v) is 4.81. The van der Waals surface area contributed by atoms with Crippen molar-refractivity contribution in [2.24, 2.45) is 0 Å². The molecule has 0 unspecified atom stereocenters. The lowest BCUT2D eigenvalue weighted by Gasteiger charge is -2.09. The zero-order valence-corrected chi connectivity index (χ0v) is 17.5. The molecule has 0 N–H and O–H groups in total. The lowest BCUT2D eigenvalue weighted by Crippen LogP contribution is -2.09. The van der Waals surface area contributed by atoms with Crippen molar-refractivity contribution in [1.82, 2.24) is 0 Å². The van der Waals surface area contributed by atoms with Crippen molar-refractivity contribution in [3.05, 3.63) is 101 Å². The summed E-state index contributed by atoms with van der Waals surface area (Å²) in [4.78, 5) is 25.1. The molecule has 1 aliphatic heterocycles. The van der Waals surface area contributed by atoms with Crippen LogP contribution in [0.25, 0.3) is 6.08 Å². The van der Waals surface area contributed by atoms with E-state index in [2.05, 4.69) is 0 Å². The van der Waals surface area contributed by atoms with Crippen molar-refractivity contribution in [3.63, 3.8) is 0 Å². The van der Waals surface area contributed by atoms with E-state index < -0.39 is 5.97 Å². The highest BCUT2D eigenvalue weighted by Crippen LogP contribution is 2.35. The smallest absolute Gasteiger partial charge is 0.343 e. The highest BCUT2D eigenvalue weighted by Gasteiger charge is 2.27. The zero-order valence-electron chi connectivity index (χ0n) is 17.5. The fourth-order valence-electron chi connectivity index (χ4n) is 3.19. The number of hydrogen-bond acceptors (Lipinski definition) is 6. The highest BCUT2D eigenvalue weighted by molar-refractivity contribution is 6.12. The summed E-state index contributed by atoms with van der Waals surface area (Å²) in [7, 11) is 3.00. The molecule has 0 amide bonds. The van der Waals surface area contributed by atoms with Gasteiger partial charge in [-0.2, -0.15) is 0 Å². The van der Waals surface area contributed by atoms with E-state index in [9.17, 15) is 9.59 Å². The van der Waals surface area contributed by atoms with Crippen LogP contribution in [0.2, 0.25) is 0 Å². The van der Waals surface area contributed by atoms with E-state index in [4.69, 9.17) is 18.9 Å². The summed E-state index contributed by atoms with van der Waals surface area (Å²) >= 11 is 0. The summed E-state index contributed by atoms with van der Waals surface area (Å²) in [5, 5.41) is 0. The number of fused-ring (bicyclic) bond motifs is 1. The minimum absolute atomic E-state index is 0.204. The number of Topliss-reactive ketones (excluding diaryl/α,β-unsaturated/α-hetero) is 1. The molecule has 3 aromatic rings. The van der Waals surface area contributed by atoms with Crippen LogP contribution in [0, 0.1) is 0 Å². The monoisotopic (exact) mass is 428 g/mol. The van der Waals surface area contributed by atoms with E-state index in [1.807, 2.05) is 36.4 Å². The van der Waals surface area contributed by atoms with Crippen LogP contribution in [0.4, 0.5) is 0 Å². The number of carbonyl (C=O) groups excluding carboxylic acids is 2. The first kappa shape index (κ1) is 20.9. The summed E-state index contributed by atoms with van der Waals surface area (Å²) in [5.41, 5.74) is 1.72. The first-order valence-electron chi connectivity index (χ1n) is 9.83. The maximum atomic E-state index is 12.6. The fourth-order valence-corrected chi connectivity index (χ4v) is 3.19. The van der Waals surface area contributed by atoms with Crippen LogP contribution >= 0.6 is 0 Å². The molecule has 0 saturated heterocycles. The summed E-state index contributed by atoms with van der Waals surface area (Å²) in [6.45, 7) is 0. The van der Waals surface area contributed by atoms with Crippen molar-refractivity contribution in [1.29, 1.82) is 0 Å². The van der Waals surface area contributed by atoms with Crippen molar-refractivity contribution in [3.8, 4) is 23.0 Å². The van der Waals surface area contributed by atoms with Gasteiger partial charge in [0.15, 0.2) is 17.3 Å². The second-order valence-corrected chi connectivity index (χ2v) is 6.85. The molecule has 32 heavy (non-hydrogen) atoms. The van der Waals surface area contributed by atoms with Crippen LogP contribution in [-0.2, 0) is 0 Å². The summed E-state index contributed by atoms with van der Waals surface area (Å²) < 4.78 is 21.5. The second-order valence-electron chi connectivity index (χ2n) is 6.85. The third kappa shape index (κ3) is 4.39. The van der Waals surface area contributed by atoms with Gasteiger partial charge in [0.25, 0.3) is 0 Å². The van der Waals surface area contributed by atoms with Crippen LogP contribution in [-0.4, -0.2) is 26.0 Å². The molecular formula is C26H20O6. The number of benzene rings is 3. The molecule has 0 fully saturated rings. The molecule has 6 heteroatoms. The molecule has 0 aliphatic carbocycles. The normalized spacial score (nSPS) is 13.7. The number of methoxy groups -OCH3 is 2. The van der Waals surface area contributed by atoms with Gasteiger partial charge >= 0.3 is 5.97 Å². The number of carbonyl (C=O) groups is 2. The van der Waals surface area contributed by atoms with E-state index in [1.165, 1.54) is 26.4 Å². The van der Waals surface area contributed by atoms with E-state index in [-0.39, 0.29) is 17.3 Å². The fraction of sp³-hybridized carbons (Fsp3) is 0.0769. The van der Waals surface area contributed by atoms with Crippen LogP contribution in [0.15, 0.2) is 84.6 Å². The van der Waals surface area contributed by atoms with Crippen molar-refractivity contribution in [2.45, 2.75) is 0 Å². The molecule has 3 aromatic carbocycles. The number of rotatable bonds is 6. The van der Waals surface area contributed by atoms with Gasteiger partial charge in [-0.25, -0.2) is 4.79 Å². The van der Waals surface area contributed by atoms with Gasteiger partial charge in [0.05, 0.1) is 25.3 Å². The van der Waals surface area contributed by atoms with Gasteiger partial charge in [0.1, 0.15) is 11.5 Å². The predicted octanol–water partition coefficient (Wildman–Crippen LogP) is 5.10. The summed E-state index contributed by atoms with van der Waals surface area (Å²) in [6, 6.07) is 19.1. The van der Waals surface area contributed by atoms with Gasteiger partial charge in [-0.15, -0.1) is 0 Å². The predicted molar refractivity (Wildman–Crippen MR) is 119 cm³/mol. The minimum Gasteiger partial charge on any atom is -0.493 e. The second kappa shape index (κ2) is 9.22. The van der Waals surface area contributed by atoms with Crippen LogP contribution in [0.1, 0.15) is 26.3 Å². The Morgan fingerprint density at radius 1 is 0.906 bits per heavy atom. The number of hydrogen-bond donors (Lipinski definition) is 0. The number of allylic oxidation sites excluding steroid dienone is 3. The van der Waals surface area contributed by atoms with Gasteiger partial charge in [0.2, 0.25) is 5.78 Å². The van der Waals surface area contributed by atoms with Crippen molar-refractivity contribution in [2.75, 3.05) is 14.2 Å². The third-order valence-electron chi connectivity index (χ3n) is 4.81. The van der Waals surface area contributed by atoms with E-state index in [0.29, 0.717) is 28.4 Å². The molecule has 0 aromatic heterocycles. The highest BCUT2D eigenvalue weighted by atomic mass is 16.5. The lowest BCUT2D eigenvalue weighted by molar-refractivity contribution is 0.0734. The SMILES string of the molecule is COc1ccc(C(=O)Oc2ccc3c(c2)O/C(=C\C=C\c2ccccc2)C3=O)cc1OC. The van der Waals surface area contributed by atoms with Crippen LogP contribution in [0.5, 0.6) is 23.0 Å². The molecule has 160 valence electrons. The minimum atomic E-state index is -0.572. The quantitative estimate of drug-likeness (QED) is 0.309. The average Bonchev–Trinajstić information content (AvgIpc) is 3.13. The lowest BCUT2D eigenvalue weighted by atomic mass is 10.1. The van der Waals surface area contributed by atoms with Gasteiger partial charge in [0, 0.05) is 6.07 Å². The van der Waals surface area contributed by atoms with Crippen molar-refractivity contribution >= 4 is 17.8 Å². The Morgan fingerprint density at radius 2 is 1.69 bits per heavy atom. The van der Waals surface area contributed by atoms with Gasteiger partial charge in [-0.1, -0.05) is 42.5 Å². The van der Waals surface area contributed by atoms with Gasteiger partial charge < -0.3 is 18.9 Å². The molecule has 0 saturated carbocycles. The molecule has 4 rings (SSSR count). The summed E-state index contributed by atoms with van der Waals surface area (Å²) in [5.74, 6) is 0.935. The Bertz CT molecular complexity index is 1220. The number of ether oxygens (including phenoxy) is 4. The van der Waals surface area contributed by atoms with E-state index >= 15 is 0 Å². The molecule has 1 heterocycles. The summed E-state index contributed by atoms with van der Waals surface area (Å²) in [6.07, 6.45) is 5.25. The number of ketones is 1. The van der Waals surface area contributed by atoms with E-state index in [1.54, 1.807) is 36.4 Å². The largest absolute Gasteiger partial charge is 0.493 e. The first-order valence-corrected chi connectivity index (χ1v) is 9.83. The zero-order chi connectivity index (χ0) is 22.5. The Balaban J connectivity index is 1.48. The maximum Gasteiger partial charge on any atom is 0.343 e. The average molecular weight is 428 g/mol. The van der Waals surface area contributed by atoms with Crippen LogP contribution in [0.3, 0.4) is 0 Å². The Labute approximate surface area is 185 Å². The standard InChI is InChI=1S/C26H20O6/c1-29-21-14-11-18(15-24(21)30-2)26(28)31-19-12-13-20-23(16-19)32-22(25(20)27)10-6-9-17-7-4-3-5-8-17/h3-16H,1-2H3/b9-6+,22-10-. The maximum absolute atomic E-state index is 12.6. The molecular weight excluding hydrogens is 408 g/mol. The molecule has 6 nitrogen and oxygen atoms in total. The topological polar surface area (TPSA) is 71.1 Å². The Morgan fingerprint density at radius 3 is 2.44 bits per heavy atom. The van der Waals surface area contributed by atoms with Crippen LogP contribution < -0.4 is 18.9 Å². The van der Waals surface area contributed by atoms with Gasteiger partial charge in [-0.05, 0) is 42.0 Å². The molecule has 0 spiro atoms. The molecule has 1 aliphatic rings. The number of esters is 1. The Hall–Kier alpha value is -4.32.